The molecule has 2 amide bonds. The number of carbonyl (C=O) groups is 2. The number of aromatic nitrogens is 1. The number of ether oxygens (including phenoxy) is 2. The number of fused-ring (bicyclic) bond motifs is 4. The Morgan fingerprint density at radius 3 is 2.56 bits per heavy atom. The number of amides is 2. The van der Waals surface area contributed by atoms with E-state index in [-0.39, 0.29) is 35.6 Å². The van der Waals surface area contributed by atoms with E-state index in [4.69, 9.17) is 9.47 Å². The smallest absolute Gasteiger partial charge is 0.274 e. The summed E-state index contributed by atoms with van der Waals surface area (Å²) in [4.78, 5) is 40.0. The normalized spacial score (nSPS) is 19.2. The highest BCUT2D eigenvalue weighted by Crippen LogP contribution is 2.35. The molecule has 170 valence electrons. The van der Waals surface area contributed by atoms with E-state index < -0.39 is 0 Å². The number of hydrogen-bond donors (Lipinski definition) is 1. The van der Waals surface area contributed by atoms with Crippen molar-refractivity contribution >= 4 is 17.5 Å². The number of benzene rings is 1. The predicted molar refractivity (Wildman–Crippen MR) is 120 cm³/mol. The first-order valence-corrected chi connectivity index (χ1v) is 10.9. The lowest BCUT2D eigenvalue weighted by Gasteiger charge is -2.43. The van der Waals surface area contributed by atoms with Crippen LogP contribution in [0.25, 0.3) is 0 Å². The molecule has 2 atom stereocenters. The number of nitrogens with zero attached hydrogens (tertiary/aromatic N) is 2. The lowest BCUT2D eigenvalue weighted by Crippen LogP contribution is -2.49. The fourth-order valence-electron chi connectivity index (χ4n) is 4.72. The third-order valence-electron chi connectivity index (χ3n) is 6.27. The van der Waals surface area contributed by atoms with E-state index in [1.54, 1.807) is 37.0 Å². The Labute approximate surface area is 187 Å². The summed E-state index contributed by atoms with van der Waals surface area (Å²) in [6.07, 6.45) is 1.52. The Kier molecular flexibility index (Phi) is 6.60. The van der Waals surface area contributed by atoms with Crippen molar-refractivity contribution < 1.29 is 19.1 Å². The molecule has 8 heteroatoms. The molecule has 4 rings (SSSR count). The number of piperidine rings is 1. The van der Waals surface area contributed by atoms with Crippen molar-refractivity contribution in [3.8, 4) is 5.75 Å². The van der Waals surface area contributed by atoms with Crippen LogP contribution in [0.1, 0.15) is 30.0 Å². The van der Waals surface area contributed by atoms with Crippen LogP contribution in [-0.2, 0) is 27.3 Å². The van der Waals surface area contributed by atoms with Gasteiger partial charge in [0.2, 0.25) is 11.8 Å². The van der Waals surface area contributed by atoms with Gasteiger partial charge < -0.3 is 24.3 Å². The zero-order valence-corrected chi connectivity index (χ0v) is 18.5. The van der Waals surface area contributed by atoms with Gasteiger partial charge in [-0.15, -0.1) is 0 Å². The number of rotatable bonds is 7. The van der Waals surface area contributed by atoms with Gasteiger partial charge in [-0.1, -0.05) is 12.1 Å². The van der Waals surface area contributed by atoms with Gasteiger partial charge in [0.15, 0.2) is 0 Å². The van der Waals surface area contributed by atoms with Gasteiger partial charge >= 0.3 is 0 Å². The van der Waals surface area contributed by atoms with Gasteiger partial charge in [0.25, 0.3) is 5.56 Å². The molecule has 2 bridgehead atoms. The second kappa shape index (κ2) is 9.56. The molecule has 1 saturated heterocycles. The fraction of sp³-hybridized carbons (Fsp3) is 0.458. The summed E-state index contributed by atoms with van der Waals surface area (Å²) < 4.78 is 11.9. The molecule has 0 unspecified atom stereocenters. The minimum absolute atomic E-state index is 0.0970. The first kappa shape index (κ1) is 22.1. The van der Waals surface area contributed by atoms with Crippen LogP contribution in [0, 0.1) is 5.92 Å². The van der Waals surface area contributed by atoms with Crippen LogP contribution in [0.2, 0.25) is 0 Å². The maximum atomic E-state index is 13.1. The second-order valence-corrected chi connectivity index (χ2v) is 8.50. The molecule has 0 aliphatic carbocycles. The van der Waals surface area contributed by atoms with Crippen LogP contribution in [-0.4, -0.2) is 55.2 Å². The van der Waals surface area contributed by atoms with Gasteiger partial charge in [-0.25, -0.2) is 0 Å². The first-order chi connectivity index (χ1) is 15.5. The number of hydrogen-bond acceptors (Lipinski definition) is 5. The minimum atomic E-state index is -0.237. The number of likely N-dealkylation sites (tertiary alicyclic amines) is 1. The monoisotopic (exact) mass is 439 g/mol. The van der Waals surface area contributed by atoms with Crippen molar-refractivity contribution in [2.24, 2.45) is 5.92 Å². The Bertz CT molecular complexity index is 1050. The second-order valence-electron chi connectivity index (χ2n) is 8.50. The molecule has 3 heterocycles. The van der Waals surface area contributed by atoms with Crippen molar-refractivity contribution in [2.45, 2.75) is 31.7 Å². The maximum absolute atomic E-state index is 13.1. The van der Waals surface area contributed by atoms with Crippen molar-refractivity contribution in [2.75, 3.05) is 39.2 Å². The molecule has 8 nitrogen and oxygen atoms in total. The van der Waals surface area contributed by atoms with Gasteiger partial charge in [-0.2, -0.15) is 0 Å². The average Bonchev–Trinajstić information content (AvgIpc) is 2.80. The average molecular weight is 440 g/mol. The molecular formula is C24H29N3O5. The van der Waals surface area contributed by atoms with Gasteiger partial charge in [0, 0.05) is 38.4 Å². The van der Waals surface area contributed by atoms with Crippen LogP contribution in [0.5, 0.6) is 5.75 Å². The van der Waals surface area contributed by atoms with Crippen LogP contribution in [0.3, 0.4) is 0 Å². The molecule has 0 radical (unpaired) electrons. The van der Waals surface area contributed by atoms with Gasteiger partial charge in [0.05, 0.1) is 26.6 Å². The third-order valence-corrected chi connectivity index (χ3v) is 6.27. The van der Waals surface area contributed by atoms with Gasteiger partial charge in [-0.3, -0.25) is 14.4 Å². The molecule has 1 fully saturated rings. The van der Waals surface area contributed by atoms with Crippen LogP contribution < -0.4 is 15.6 Å². The lowest BCUT2D eigenvalue weighted by molar-refractivity contribution is -0.134. The van der Waals surface area contributed by atoms with Crippen molar-refractivity contribution in [1.29, 1.82) is 0 Å². The molecule has 2 aliphatic rings. The largest absolute Gasteiger partial charge is 0.497 e. The highest BCUT2D eigenvalue weighted by molar-refractivity contribution is 5.92. The quantitative estimate of drug-likeness (QED) is 0.713. The van der Waals surface area contributed by atoms with E-state index in [9.17, 15) is 14.4 Å². The van der Waals surface area contributed by atoms with E-state index in [1.165, 1.54) is 0 Å². The number of nitrogens with one attached hydrogen (secondary N) is 1. The van der Waals surface area contributed by atoms with E-state index in [0.717, 1.165) is 23.4 Å². The topological polar surface area (TPSA) is 89.9 Å². The van der Waals surface area contributed by atoms with Crippen LogP contribution in [0.15, 0.2) is 41.2 Å². The van der Waals surface area contributed by atoms with Crippen LogP contribution >= 0.6 is 0 Å². The number of anilines is 1. The van der Waals surface area contributed by atoms with Gasteiger partial charge in [0.1, 0.15) is 11.4 Å². The van der Waals surface area contributed by atoms with Crippen LogP contribution in [0.4, 0.5) is 5.69 Å². The standard InChI is InChI=1S/C24H29N3O5/c1-31-10-9-23(29)26-13-17-11-18(15-26)21-8-7-20(24(30)27(21)14-17)25-22(28)12-16-3-5-19(32-2)6-4-16/h3-8,17-18H,9-15H2,1-2H3,(H,25,28)/t17-,18+/m0/s1. The third kappa shape index (κ3) is 4.70. The Morgan fingerprint density at radius 2 is 1.84 bits per heavy atom. The summed E-state index contributed by atoms with van der Waals surface area (Å²) in [5.74, 6) is 0.950. The SMILES string of the molecule is COCCC(=O)N1C[C@@H]2C[C@H](C1)c1ccc(NC(=O)Cc3ccc(OC)cc3)c(=O)n1C2. The highest BCUT2D eigenvalue weighted by atomic mass is 16.5. The molecule has 2 aromatic rings. The number of carbonyl (C=O) groups excluding carboxylic acids is 2. The lowest BCUT2D eigenvalue weighted by atomic mass is 9.83. The van der Waals surface area contributed by atoms with Crippen molar-refractivity contribution in [3.05, 3.63) is 58.0 Å². The molecule has 32 heavy (non-hydrogen) atoms. The summed E-state index contributed by atoms with van der Waals surface area (Å²) in [5.41, 5.74) is 1.89. The Balaban J connectivity index is 1.46. The minimum Gasteiger partial charge on any atom is -0.497 e. The zero-order valence-electron chi connectivity index (χ0n) is 18.5. The number of pyridine rings is 1. The number of methoxy groups -OCH3 is 2. The molecule has 1 aromatic carbocycles. The summed E-state index contributed by atoms with van der Waals surface area (Å²) in [6.45, 7) is 2.24. The van der Waals surface area contributed by atoms with E-state index in [0.29, 0.717) is 38.3 Å². The Morgan fingerprint density at radius 1 is 1.06 bits per heavy atom. The maximum Gasteiger partial charge on any atom is 0.274 e. The molecular weight excluding hydrogens is 410 g/mol. The molecule has 2 aliphatic heterocycles. The molecule has 1 N–H and O–H groups in total. The summed E-state index contributed by atoms with van der Waals surface area (Å²) >= 11 is 0. The molecule has 0 saturated carbocycles. The summed E-state index contributed by atoms with van der Waals surface area (Å²) in [7, 11) is 3.18. The summed E-state index contributed by atoms with van der Waals surface area (Å²) in [6, 6.07) is 10.9. The van der Waals surface area contributed by atoms with Crippen molar-refractivity contribution in [1.82, 2.24) is 9.47 Å². The fourth-order valence-corrected chi connectivity index (χ4v) is 4.72. The summed E-state index contributed by atoms with van der Waals surface area (Å²) in [5, 5.41) is 2.77. The predicted octanol–water partition coefficient (Wildman–Crippen LogP) is 2.02. The van der Waals surface area contributed by atoms with Crippen molar-refractivity contribution in [3.63, 3.8) is 0 Å². The molecule has 1 aromatic heterocycles. The first-order valence-electron chi connectivity index (χ1n) is 10.9. The van der Waals surface area contributed by atoms with E-state index in [1.807, 2.05) is 23.1 Å². The van der Waals surface area contributed by atoms with E-state index >= 15 is 0 Å². The zero-order chi connectivity index (χ0) is 22.7. The molecule has 0 spiro atoms. The van der Waals surface area contributed by atoms with Gasteiger partial charge in [-0.05, 0) is 42.2 Å². The highest BCUT2D eigenvalue weighted by Gasteiger charge is 2.36. The van der Waals surface area contributed by atoms with E-state index in [2.05, 4.69) is 5.32 Å². The Hall–Kier alpha value is -3.13.